The zero-order valence-corrected chi connectivity index (χ0v) is 7.78. The maximum atomic E-state index is 4.96. The Kier molecular flexibility index (Phi) is 3.52. The second-order valence-electron chi connectivity index (χ2n) is 2.32. The van der Waals surface area contributed by atoms with Crippen molar-refractivity contribution in [1.29, 1.82) is 0 Å². The van der Waals surface area contributed by atoms with Crippen LogP contribution in [-0.4, -0.2) is 18.7 Å². The van der Waals surface area contributed by atoms with Gasteiger partial charge < -0.3 is 4.74 Å². The lowest BCUT2D eigenvalue weighted by Gasteiger charge is -1.92. The van der Waals surface area contributed by atoms with Crippen LogP contribution in [0.1, 0.15) is 16.8 Å². The van der Waals surface area contributed by atoms with Gasteiger partial charge in [0, 0.05) is 24.6 Å². The van der Waals surface area contributed by atoms with E-state index in [1.54, 1.807) is 18.4 Å². The van der Waals surface area contributed by atoms with Crippen LogP contribution < -0.4 is 0 Å². The molecule has 0 saturated carbocycles. The average Bonchev–Trinajstić information content (AvgIpc) is 2.48. The number of rotatable bonds is 4. The topological polar surface area (TPSA) is 22.1 Å². The molecule has 0 radical (unpaired) electrons. The highest BCUT2D eigenvalue weighted by Crippen LogP contribution is 2.13. The summed E-state index contributed by atoms with van der Waals surface area (Å²) in [6, 6.07) is 0. The van der Waals surface area contributed by atoms with E-state index in [-0.39, 0.29) is 0 Å². The number of aromatic nitrogens is 1. The number of methoxy groups -OCH3 is 1. The van der Waals surface area contributed by atoms with Gasteiger partial charge in [-0.3, -0.25) is 0 Å². The van der Waals surface area contributed by atoms with Crippen molar-refractivity contribution in [2.24, 2.45) is 0 Å². The van der Waals surface area contributed by atoms with Crippen molar-refractivity contribution >= 4 is 11.3 Å². The molecule has 0 atom stereocenters. The molecule has 3 heteroatoms. The fourth-order valence-corrected chi connectivity index (χ4v) is 1.66. The third-order valence-corrected chi connectivity index (χ3v) is 2.67. The summed E-state index contributed by atoms with van der Waals surface area (Å²) in [4.78, 5) is 5.62. The van der Waals surface area contributed by atoms with Crippen LogP contribution in [0.4, 0.5) is 0 Å². The predicted molar refractivity (Wildman–Crippen MR) is 47.1 cm³/mol. The molecule has 1 heterocycles. The average molecular weight is 171 g/mol. The van der Waals surface area contributed by atoms with Gasteiger partial charge in [0.05, 0.1) is 11.6 Å². The summed E-state index contributed by atoms with van der Waals surface area (Å²) >= 11 is 1.78. The van der Waals surface area contributed by atoms with Gasteiger partial charge in [-0.2, -0.15) is 0 Å². The summed E-state index contributed by atoms with van der Waals surface area (Å²) in [6.07, 6.45) is 3.99. The molecule has 0 amide bonds. The smallest absolute Gasteiger partial charge is 0.0950 e. The van der Waals surface area contributed by atoms with Gasteiger partial charge in [0.25, 0.3) is 0 Å². The van der Waals surface area contributed by atoms with Crippen LogP contribution in [0.5, 0.6) is 0 Å². The minimum absolute atomic E-state index is 0.774. The molecule has 0 aromatic carbocycles. The number of aryl methyl sites for hydroxylation is 1. The molecular weight excluding hydrogens is 158 g/mol. The molecule has 1 aromatic rings. The highest BCUT2D eigenvalue weighted by Gasteiger charge is 1.98. The molecule has 0 fully saturated rings. The van der Waals surface area contributed by atoms with Crippen LogP contribution in [0, 0.1) is 0 Å². The van der Waals surface area contributed by atoms with Gasteiger partial charge in [-0.25, -0.2) is 4.98 Å². The molecule has 1 aromatic heterocycles. The molecule has 0 unspecified atom stereocenters. The maximum absolute atomic E-state index is 4.96. The Bertz CT molecular complexity index is 210. The van der Waals surface area contributed by atoms with Crippen molar-refractivity contribution in [2.75, 3.05) is 13.7 Å². The van der Waals surface area contributed by atoms with E-state index in [1.165, 1.54) is 9.88 Å². The molecule has 11 heavy (non-hydrogen) atoms. The predicted octanol–water partition coefficient (Wildman–Crippen LogP) is 1.89. The molecule has 0 aliphatic heterocycles. The Balaban J connectivity index is 2.44. The van der Waals surface area contributed by atoms with Crippen LogP contribution >= 0.6 is 11.3 Å². The van der Waals surface area contributed by atoms with Crippen LogP contribution in [0.25, 0.3) is 0 Å². The molecule has 0 aliphatic carbocycles. The van der Waals surface area contributed by atoms with Gasteiger partial charge in [0.2, 0.25) is 0 Å². The third kappa shape index (κ3) is 2.60. The van der Waals surface area contributed by atoms with E-state index in [0.717, 1.165) is 19.4 Å². The Morgan fingerprint density at radius 2 is 2.45 bits per heavy atom. The Labute approximate surface area is 71.2 Å². The van der Waals surface area contributed by atoms with E-state index in [1.807, 2.05) is 6.20 Å². The van der Waals surface area contributed by atoms with Gasteiger partial charge in [0.1, 0.15) is 0 Å². The molecule has 0 bridgehead atoms. The largest absolute Gasteiger partial charge is 0.384 e. The van der Waals surface area contributed by atoms with Gasteiger partial charge in [0.15, 0.2) is 0 Å². The fourth-order valence-electron chi connectivity index (χ4n) is 0.816. The number of hydrogen-bond donors (Lipinski definition) is 0. The maximum Gasteiger partial charge on any atom is 0.0950 e. The summed E-state index contributed by atoms with van der Waals surface area (Å²) in [5.74, 6) is 0. The van der Waals surface area contributed by atoms with Crippen molar-refractivity contribution in [3.63, 3.8) is 0 Å². The molecule has 0 saturated heterocycles. The first kappa shape index (κ1) is 8.68. The monoisotopic (exact) mass is 171 g/mol. The van der Waals surface area contributed by atoms with E-state index in [0.29, 0.717) is 0 Å². The van der Waals surface area contributed by atoms with Gasteiger partial charge in [-0.05, 0) is 6.42 Å². The number of thiazole rings is 1. The fraction of sp³-hybridized carbons (Fsp3) is 0.625. The minimum Gasteiger partial charge on any atom is -0.384 e. The second kappa shape index (κ2) is 4.46. The molecule has 0 spiro atoms. The van der Waals surface area contributed by atoms with Crippen LogP contribution in [0.15, 0.2) is 6.20 Å². The molecule has 1 rings (SSSR count). The SMILES string of the molecule is CCc1cnc(CCOC)s1. The van der Waals surface area contributed by atoms with Crippen molar-refractivity contribution in [1.82, 2.24) is 4.98 Å². The van der Waals surface area contributed by atoms with E-state index >= 15 is 0 Å². The first-order valence-electron chi connectivity index (χ1n) is 3.79. The zero-order valence-electron chi connectivity index (χ0n) is 6.96. The van der Waals surface area contributed by atoms with Crippen LogP contribution in [-0.2, 0) is 17.6 Å². The first-order valence-corrected chi connectivity index (χ1v) is 4.61. The Morgan fingerprint density at radius 3 is 3.00 bits per heavy atom. The van der Waals surface area contributed by atoms with Gasteiger partial charge in [-0.1, -0.05) is 6.92 Å². The van der Waals surface area contributed by atoms with E-state index in [9.17, 15) is 0 Å². The number of nitrogens with zero attached hydrogens (tertiary/aromatic N) is 1. The highest BCUT2D eigenvalue weighted by molar-refractivity contribution is 7.11. The summed E-state index contributed by atoms with van der Waals surface area (Å²) in [5, 5.41) is 1.18. The number of hydrogen-bond acceptors (Lipinski definition) is 3. The number of ether oxygens (including phenoxy) is 1. The lowest BCUT2D eigenvalue weighted by atomic mass is 10.4. The molecular formula is C8H13NOS. The van der Waals surface area contributed by atoms with Crippen LogP contribution in [0.3, 0.4) is 0 Å². The van der Waals surface area contributed by atoms with Crippen molar-refractivity contribution in [2.45, 2.75) is 19.8 Å². The standard InChI is InChI=1S/C8H13NOS/c1-3-7-6-9-8(11-7)4-5-10-2/h6H,3-5H2,1-2H3. The lowest BCUT2D eigenvalue weighted by molar-refractivity contribution is 0.202. The molecule has 62 valence electrons. The van der Waals surface area contributed by atoms with Gasteiger partial charge in [-0.15, -0.1) is 11.3 Å². The normalized spacial score (nSPS) is 10.4. The quantitative estimate of drug-likeness (QED) is 0.690. The Morgan fingerprint density at radius 1 is 1.64 bits per heavy atom. The van der Waals surface area contributed by atoms with E-state index in [2.05, 4.69) is 11.9 Å². The summed E-state index contributed by atoms with van der Waals surface area (Å²) in [7, 11) is 1.72. The second-order valence-corrected chi connectivity index (χ2v) is 3.52. The third-order valence-electron chi connectivity index (χ3n) is 1.47. The highest BCUT2D eigenvalue weighted by atomic mass is 32.1. The summed E-state index contributed by atoms with van der Waals surface area (Å²) < 4.78 is 4.96. The summed E-state index contributed by atoms with van der Waals surface area (Å²) in [5.41, 5.74) is 0. The molecule has 0 N–H and O–H groups in total. The van der Waals surface area contributed by atoms with Gasteiger partial charge >= 0.3 is 0 Å². The molecule has 2 nitrogen and oxygen atoms in total. The Hall–Kier alpha value is -0.410. The van der Waals surface area contributed by atoms with Crippen molar-refractivity contribution in [3.05, 3.63) is 16.1 Å². The summed E-state index contributed by atoms with van der Waals surface area (Å²) in [6.45, 7) is 2.92. The first-order chi connectivity index (χ1) is 5.36. The van der Waals surface area contributed by atoms with Crippen molar-refractivity contribution < 1.29 is 4.74 Å². The van der Waals surface area contributed by atoms with Crippen LogP contribution in [0.2, 0.25) is 0 Å². The zero-order chi connectivity index (χ0) is 8.10. The lowest BCUT2D eigenvalue weighted by Crippen LogP contribution is -1.92. The van der Waals surface area contributed by atoms with E-state index in [4.69, 9.17) is 4.74 Å². The van der Waals surface area contributed by atoms with Crippen molar-refractivity contribution in [3.8, 4) is 0 Å². The molecule has 0 aliphatic rings. The minimum atomic E-state index is 0.774. The van der Waals surface area contributed by atoms with E-state index < -0.39 is 0 Å².